The van der Waals surface area contributed by atoms with E-state index in [4.69, 9.17) is 9.78 Å². The molecule has 1 aromatic heterocycles. The molecule has 0 unspecified atom stereocenters. The lowest BCUT2D eigenvalue weighted by atomic mass is 10.2. The number of benzene rings is 1. The van der Waals surface area contributed by atoms with Crippen LogP contribution in [-0.2, 0) is 6.54 Å². The third-order valence-corrected chi connectivity index (χ3v) is 2.10. The average Bonchev–Trinajstić information content (AvgIpc) is 2.73. The van der Waals surface area contributed by atoms with Crippen molar-refractivity contribution in [2.75, 3.05) is 5.32 Å². The van der Waals surface area contributed by atoms with Gasteiger partial charge >= 0.3 is 0 Å². The van der Waals surface area contributed by atoms with Crippen LogP contribution in [0.3, 0.4) is 0 Å². The summed E-state index contributed by atoms with van der Waals surface area (Å²) in [5.41, 5.74) is 0.769. The van der Waals surface area contributed by atoms with Gasteiger partial charge in [-0.3, -0.25) is 0 Å². The van der Waals surface area contributed by atoms with E-state index in [-0.39, 0.29) is 5.56 Å². The van der Waals surface area contributed by atoms with E-state index in [1.54, 1.807) is 6.92 Å². The van der Waals surface area contributed by atoms with E-state index in [1.165, 1.54) is 18.2 Å². The number of nitrogens with one attached hydrogen (secondary N) is 1. The molecule has 1 heterocycles. The van der Waals surface area contributed by atoms with Crippen LogP contribution < -0.4 is 5.32 Å². The summed E-state index contributed by atoms with van der Waals surface area (Å²) in [6.07, 6.45) is 0. The van der Waals surface area contributed by atoms with Gasteiger partial charge in [-0.1, -0.05) is 5.16 Å². The topological polar surface area (TPSA) is 74.7 Å². The minimum absolute atomic E-state index is 0.237. The van der Waals surface area contributed by atoms with Crippen LogP contribution in [-0.4, -0.2) is 10.1 Å². The first kappa shape index (κ1) is 11.1. The average molecular weight is 232 g/mol. The Morgan fingerprint density at radius 1 is 1.53 bits per heavy atom. The first-order chi connectivity index (χ1) is 8.19. The Labute approximate surface area is 96.9 Å². The normalized spacial score (nSPS) is 9.94. The second-order valence-corrected chi connectivity index (χ2v) is 3.39. The Hall–Kier alpha value is -2.42. The lowest BCUT2D eigenvalue weighted by Crippen LogP contribution is -2.02. The summed E-state index contributed by atoms with van der Waals surface area (Å²) in [6.45, 7) is 2.01. The fourth-order valence-electron chi connectivity index (χ4n) is 1.35. The molecule has 2 rings (SSSR count). The van der Waals surface area contributed by atoms with E-state index in [9.17, 15) is 4.39 Å². The third-order valence-electron chi connectivity index (χ3n) is 2.10. The maximum atomic E-state index is 12.9. The van der Waals surface area contributed by atoms with Crippen molar-refractivity contribution < 1.29 is 8.91 Å². The fraction of sp³-hybridized carbons (Fsp3) is 0.182. The Balaban J connectivity index is 2.12. The zero-order valence-corrected chi connectivity index (χ0v) is 9.07. The van der Waals surface area contributed by atoms with E-state index in [0.29, 0.717) is 23.9 Å². The standard InChI is InChI=1S/C11H9FN4O/c1-7-15-11(17-16-7)6-14-10-3-2-9(12)4-8(10)5-13/h2-4,14H,6H2,1H3. The molecule has 0 aliphatic heterocycles. The quantitative estimate of drug-likeness (QED) is 0.875. The van der Waals surface area contributed by atoms with Crippen LogP contribution in [0.4, 0.5) is 10.1 Å². The summed E-state index contributed by atoms with van der Waals surface area (Å²) in [7, 11) is 0. The molecule has 1 N–H and O–H groups in total. The van der Waals surface area contributed by atoms with Crippen molar-refractivity contribution >= 4 is 5.69 Å². The lowest BCUT2D eigenvalue weighted by Gasteiger charge is -2.05. The highest BCUT2D eigenvalue weighted by molar-refractivity contribution is 5.57. The van der Waals surface area contributed by atoms with Gasteiger partial charge in [0.15, 0.2) is 5.82 Å². The largest absolute Gasteiger partial charge is 0.375 e. The summed E-state index contributed by atoms with van der Waals surface area (Å²) >= 11 is 0. The maximum absolute atomic E-state index is 12.9. The van der Waals surface area contributed by atoms with Gasteiger partial charge in [0.2, 0.25) is 5.89 Å². The van der Waals surface area contributed by atoms with Crippen molar-refractivity contribution in [3.05, 3.63) is 41.3 Å². The number of anilines is 1. The molecule has 1 aromatic carbocycles. The van der Waals surface area contributed by atoms with Crippen LogP contribution >= 0.6 is 0 Å². The smallest absolute Gasteiger partial charge is 0.245 e. The molecule has 5 nitrogen and oxygen atoms in total. The second-order valence-electron chi connectivity index (χ2n) is 3.39. The first-order valence-corrected chi connectivity index (χ1v) is 4.92. The number of hydrogen-bond acceptors (Lipinski definition) is 5. The highest BCUT2D eigenvalue weighted by Crippen LogP contribution is 2.16. The number of aryl methyl sites for hydroxylation is 1. The number of halogens is 1. The fourth-order valence-corrected chi connectivity index (χ4v) is 1.35. The summed E-state index contributed by atoms with van der Waals surface area (Å²) in [5, 5.41) is 15.4. The van der Waals surface area contributed by atoms with Crippen molar-refractivity contribution in [3.8, 4) is 6.07 Å². The lowest BCUT2D eigenvalue weighted by molar-refractivity contribution is 0.379. The number of rotatable bonds is 3. The van der Waals surface area contributed by atoms with Gasteiger partial charge in [-0.2, -0.15) is 10.2 Å². The monoisotopic (exact) mass is 232 g/mol. The number of aromatic nitrogens is 2. The molecule has 0 fully saturated rings. The van der Waals surface area contributed by atoms with E-state index in [1.807, 2.05) is 6.07 Å². The Bertz CT molecular complexity index is 573. The molecule has 17 heavy (non-hydrogen) atoms. The SMILES string of the molecule is Cc1noc(CNc2ccc(F)cc2C#N)n1. The molecule has 0 aliphatic carbocycles. The van der Waals surface area contributed by atoms with Gasteiger partial charge < -0.3 is 9.84 Å². The minimum Gasteiger partial charge on any atom is -0.375 e. The van der Waals surface area contributed by atoms with Gasteiger partial charge in [-0.15, -0.1) is 0 Å². The molecule has 6 heteroatoms. The van der Waals surface area contributed by atoms with Crippen LogP contribution in [0, 0.1) is 24.1 Å². The molecule has 0 atom stereocenters. The Morgan fingerprint density at radius 2 is 2.35 bits per heavy atom. The van der Waals surface area contributed by atoms with Crippen molar-refractivity contribution in [3.63, 3.8) is 0 Å². The molecular weight excluding hydrogens is 223 g/mol. The van der Waals surface area contributed by atoms with Gasteiger partial charge in [-0.25, -0.2) is 4.39 Å². The van der Waals surface area contributed by atoms with E-state index >= 15 is 0 Å². The van der Waals surface area contributed by atoms with Gasteiger partial charge in [0.05, 0.1) is 17.8 Å². The molecule has 0 radical (unpaired) electrons. The maximum Gasteiger partial charge on any atom is 0.245 e. The number of nitriles is 1. The molecular formula is C11H9FN4O. The second kappa shape index (κ2) is 4.61. The van der Waals surface area contributed by atoms with Crippen LogP contribution in [0.2, 0.25) is 0 Å². The number of hydrogen-bond donors (Lipinski definition) is 1. The summed E-state index contributed by atoms with van der Waals surface area (Å²) in [4.78, 5) is 4.00. The predicted octanol–water partition coefficient (Wildman–Crippen LogP) is 2.00. The van der Waals surface area contributed by atoms with E-state index in [2.05, 4.69) is 15.5 Å². The van der Waals surface area contributed by atoms with Crippen LogP contribution in [0.15, 0.2) is 22.7 Å². The Morgan fingerprint density at radius 3 is 3.00 bits per heavy atom. The number of nitrogens with zero attached hydrogens (tertiary/aromatic N) is 3. The van der Waals surface area contributed by atoms with Crippen LogP contribution in [0.25, 0.3) is 0 Å². The summed E-state index contributed by atoms with van der Waals surface area (Å²) < 4.78 is 17.8. The summed E-state index contributed by atoms with van der Waals surface area (Å²) in [5.74, 6) is 0.512. The zero-order valence-electron chi connectivity index (χ0n) is 9.07. The summed E-state index contributed by atoms with van der Waals surface area (Å²) in [6, 6.07) is 5.85. The van der Waals surface area contributed by atoms with Crippen molar-refractivity contribution in [2.45, 2.75) is 13.5 Å². The molecule has 0 aliphatic rings. The molecule has 0 saturated heterocycles. The molecule has 0 bridgehead atoms. The van der Waals surface area contributed by atoms with Crippen molar-refractivity contribution in [1.82, 2.24) is 10.1 Å². The van der Waals surface area contributed by atoms with Gasteiger partial charge in [0.1, 0.15) is 11.9 Å². The highest BCUT2D eigenvalue weighted by Gasteiger charge is 2.06. The Kier molecular flexibility index (Phi) is 3.01. The van der Waals surface area contributed by atoms with Crippen LogP contribution in [0.1, 0.15) is 17.3 Å². The van der Waals surface area contributed by atoms with Crippen molar-refractivity contribution in [2.24, 2.45) is 0 Å². The molecule has 0 spiro atoms. The molecule has 2 aromatic rings. The third kappa shape index (κ3) is 2.58. The first-order valence-electron chi connectivity index (χ1n) is 4.92. The van der Waals surface area contributed by atoms with Crippen LogP contribution in [0.5, 0.6) is 0 Å². The predicted molar refractivity (Wildman–Crippen MR) is 57.5 cm³/mol. The zero-order chi connectivity index (χ0) is 12.3. The molecule has 0 saturated carbocycles. The van der Waals surface area contributed by atoms with Gasteiger partial charge in [-0.05, 0) is 25.1 Å². The van der Waals surface area contributed by atoms with E-state index < -0.39 is 5.82 Å². The van der Waals surface area contributed by atoms with Gasteiger partial charge in [0.25, 0.3) is 0 Å². The molecule has 86 valence electrons. The minimum atomic E-state index is -0.444. The molecule has 0 amide bonds. The van der Waals surface area contributed by atoms with Crippen molar-refractivity contribution in [1.29, 1.82) is 5.26 Å². The highest BCUT2D eigenvalue weighted by atomic mass is 19.1. The van der Waals surface area contributed by atoms with Gasteiger partial charge in [0, 0.05) is 0 Å². The van der Waals surface area contributed by atoms with E-state index in [0.717, 1.165) is 0 Å².